The molecule has 0 aliphatic rings. The molecular weight excluding hydrogens is 283 g/mol. The van der Waals surface area contributed by atoms with Gasteiger partial charge in [-0.05, 0) is 19.2 Å². The Hall–Kier alpha value is -2.02. The molecule has 114 valence electrons. The molecule has 0 fully saturated rings. The topological polar surface area (TPSA) is 39.1 Å². The number of hydrogen-bond donors (Lipinski definition) is 1. The summed E-state index contributed by atoms with van der Waals surface area (Å²) in [5.74, 6) is 0.681. The van der Waals surface area contributed by atoms with Crippen LogP contribution < -0.4 is 10.1 Å². The number of aromatic nitrogens is 2. The van der Waals surface area contributed by atoms with Crippen molar-refractivity contribution in [3.8, 4) is 5.75 Å². The number of para-hydroxylation sites is 1. The molecule has 21 heavy (non-hydrogen) atoms. The van der Waals surface area contributed by atoms with Gasteiger partial charge in [0, 0.05) is 11.8 Å². The van der Waals surface area contributed by atoms with Crippen LogP contribution in [0.5, 0.6) is 5.75 Å². The van der Waals surface area contributed by atoms with E-state index >= 15 is 0 Å². The lowest BCUT2D eigenvalue weighted by Gasteiger charge is -2.19. The average molecular weight is 299 g/mol. The van der Waals surface area contributed by atoms with Gasteiger partial charge in [0.05, 0.1) is 19.7 Å². The van der Waals surface area contributed by atoms with Gasteiger partial charge in [-0.25, -0.2) is 0 Å². The summed E-state index contributed by atoms with van der Waals surface area (Å²) in [5.41, 5.74) is -0.0241. The number of rotatable bonds is 5. The summed E-state index contributed by atoms with van der Waals surface area (Å²) in [6.07, 6.45) is -3.10. The van der Waals surface area contributed by atoms with E-state index in [1.165, 1.54) is 10.9 Å². The van der Waals surface area contributed by atoms with E-state index in [1.807, 2.05) is 24.3 Å². The van der Waals surface area contributed by atoms with Crippen LogP contribution in [0.2, 0.25) is 0 Å². The number of likely N-dealkylation sites (N-methyl/N-ethyl adjacent to an activating group) is 1. The molecule has 1 N–H and O–H groups in total. The van der Waals surface area contributed by atoms with Gasteiger partial charge in [-0.2, -0.15) is 18.3 Å². The predicted molar refractivity (Wildman–Crippen MR) is 72.0 cm³/mol. The first kappa shape index (κ1) is 15.4. The molecule has 0 saturated carbocycles. The van der Waals surface area contributed by atoms with Crippen LogP contribution in [0.4, 0.5) is 13.2 Å². The van der Waals surface area contributed by atoms with E-state index in [-0.39, 0.29) is 12.6 Å². The molecule has 0 radical (unpaired) electrons. The number of nitrogens with zero attached hydrogens (tertiary/aromatic N) is 2. The minimum absolute atomic E-state index is 0.206. The number of ether oxygens (including phenoxy) is 1. The monoisotopic (exact) mass is 299 g/mol. The smallest absolute Gasteiger partial charge is 0.435 e. The van der Waals surface area contributed by atoms with Gasteiger partial charge in [-0.1, -0.05) is 18.2 Å². The first-order chi connectivity index (χ1) is 9.95. The minimum atomic E-state index is -4.43. The van der Waals surface area contributed by atoms with E-state index < -0.39 is 11.9 Å². The lowest BCUT2D eigenvalue weighted by Crippen LogP contribution is -2.23. The Morgan fingerprint density at radius 1 is 1.29 bits per heavy atom. The summed E-state index contributed by atoms with van der Waals surface area (Å²) in [4.78, 5) is 0. The van der Waals surface area contributed by atoms with Crippen LogP contribution in [0.25, 0.3) is 0 Å². The van der Waals surface area contributed by atoms with Crippen molar-refractivity contribution in [1.29, 1.82) is 0 Å². The maximum Gasteiger partial charge on any atom is 0.435 e. The van der Waals surface area contributed by atoms with Gasteiger partial charge in [0.1, 0.15) is 5.75 Å². The lowest BCUT2D eigenvalue weighted by molar-refractivity contribution is -0.141. The predicted octanol–water partition coefficient (Wildman–Crippen LogP) is 2.87. The third-order valence-electron chi connectivity index (χ3n) is 3.16. The number of benzene rings is 1. The molecule has 0 saturated heterocycles. The normalized spacial score (nSPS) is 13.2. The van der Waals surface area contributed by atoms with Crippen molar-refractivity contribution >= 4 is 0 Å². The van der Waals surface area contributed by atoms with Crippen LogP contribution >= 0.6 is 0 Å². The molecular formula is C14H16F3N3O. The summed E-state index contributed by atoms with van der Waals surface area (Å²) in [6.45, 7) is 0.271. The van der Waals surface area contributed by atoms with E-state index in [0.717, 1.165) is 11.6 Å². The largest absolute Gasteiger partial charge is 0.496 e. The number of nitrogens with one attached hydrogen (secondary N) is 1. The SMILES string of the molecule is CNC(Cn1ccc(C(F)(F)F)n1)c1ccccc1OC. The van der Waals surface area contributed by atoms with Crippen LogP contribution in [0.15, 0.2) is 36.5 Å². The third-order valence-corrected chi connectivity index (χ3v) is 3.16. The standard InChI is InChI=1S/C14H16F3N3O/c1-18-11(10-5-3-4-6-12(10)21-2)9-20-8-7-13(19-20)14(15,16)17/h3-8,11,18H,9H2,1-2H3. The molecule has 0 spiro atoms. The van der Waals surface area contributed by atoms with Gasteiger partial charge in [0.15, 0.2) is 5.69 Å². The molecule has 1 aromatic heterocycles. The first-order valence-electron chi connectivity index (χ1n) is 6.36. The van der Waals surface area contributed by atoms with Gasteiger partial charge in [-0.15, -0.1) is 0 Å². The quantitative estimate of drug-likeness (QED) is 0.922. The molecule has 1 heterocycles. The zero-order chi connectivity index (χ0) is 15.5. The Morgan fingerprint density at radius 2 is 2.00 bits per heavy atom. The highest BCUT2D eigenvalue weighted by atomic mass is 19.4. The van der Waals surface area contributed by atoms with Crippen LogP contribution in [0.3, 0.4) is 0 Å². The van der Waals surface area contributed by atoms with Gasteiger partial charge in [0.25, 0.3) is 0 Å². The Bertz CT molecular complexity index is 595. The molecule has 4 nitrogen and oxygen atoms in total. The number of alkyl halides is 3. The third kappa shape index (κ3) is 3.55. The van der Waals surface area contributed by atoms with Crippen molar-refractivity contribution in [1.82, 2.24) is 15.1 Å². The molecule has 2 aromatic rings. The maximum absolute atomic E-state index is 12.6. The van der Waals surface area contributed by atoms with E-state index in [0.29, 0.717) is 5.75 Å². The first-order valence-corrected chi connectivity index (χ1v) is 6.36. The van der Waals surface area contributed by atoms with Crippen LogP contribution in [0, 0.1) is 0 Å². The van der Waals surface area contributed by atoms with Crippen molar-refractivity contribution in [2.24, 2.45) is 0 Å². The summed E-state index contributed by atoms with van der Waals surface area (Å²) in [6, 6.07) is 8.13. The van der Waals surface area contributed by atoms with E-state index in [2.05, 4.69) is 10.4 Å². The Labute approximate surface area is 120 Å². The molecule has 0 bridgehead atoms. The van der Waals surface area contributed by atoms with Crippen molar-refractivity contribution < 1.29 is 17.9 Å². The minimum Gasteiger partial charge on any atom is -0.496 e. The number of halogens is 3. The van der Waals surface area contributed by atoms with Crippen LogP contribution in [0.1, 0.15) is 17.3 Å². The Balaban J connectivity index is 2.21. The average Bonchev–Trinajstić information content (AvgIpc) is 2.93. The van der Waals surface area contributed by atoms with Crippen molar-refractivity contribution in [2.45, 2.75) is 18.8 Å². The number of methoxy groups -OCH3 is 1. The summed E-state index contributed by atoms with van der Waals surface area (Å²) >= 11 is 0. The summed E-state index contributed by atoms with van der Waals surface area (Å²) < 4.78 is 44.2. The lowest BCUT2D eigenvalue weighted by atomic mass is 10.1. The Kier molecular flexibility index (Phi) is 4.52. The zero-order valence-corrected chi connectivity index (χ0v) is 11.7. The fourth-order valence-electron chi connectivity index (χ4n) is 2.10. The fraction of sp³-hybridized carbons (Fsp3) is 0.357. The van der Waals surface area contributed by atoms with Gasteiger partial charge in [0.2, 0.25) is 0 Å². The zero-order valence-electron chi connectivity index (χ0n) is 11.7. The highest BCUT2D eigenvalue weighted by Gasteiger charge is 2.33. The van der Waals surface area contributed by atoms with Gasteiger partial charge < -0.3 is 10.1 Å². The molecule has 0 aliphatic carbocycles. The fourth-order valence-corrected chi connectivity index (χ4v) is 2.10. The number of hydrogen-bond acceptors (Lipinski definition) is 3. The Morgan fingerprint density at radius 3 is 2.57 bits per heavy atom. The van der Waals surface area contributed by atoms with Crippen LogP contribution in [-0.2, 0) is 12.7 Å². The summed E-state index contributed by atoms with van der Waals surface area (Å²) in [5, 5.41) is 6.63. The van der Waals surface area contributed by atoms with Crippen molar-refractivity contribution in [2.75, 3.05) is 14.2 Å². The van der Waals surface area contributed by atoms with E-state index in [1.54, 1.807) is 14.2 Å². The van der Waals surface area contributed by atoms with Crippen molar-refractivity contribution in [3.05, 3.63) is 47.8 Å². The van der Waals surface area contributed by atoms with Gasteiger partial charge in [-0.3, -0.25) is 4.68 Å². The molecule has 1 aromatic carbocycles. The molecule has 0 amide bonds. The van der Waals surface area contributed by atoms with Crippen molar-refractivity contribution in [3.63, 3.8) is 0 Å². The molecule has 0 aliphatic heterocycles. The molecule has 1 atom stereocenters. The highest BCUT2D eigenvalue weighted by Crippen LogP contribution is 2.29. The second kappa shape index (κ2) is 6.17. The van der Waals surface area contributed by atoms with Crippen LogP contribution in [-0.4, -0.2) is 23.9 Å². The highest BCUT2D eigenvalue weighted by molar-refractivity contribution is 5.35. The second-order valence-electron chi connectivity index (χ2n) is 4.50. The van der Waals surface area contributed by atoms with E-state index in [9.17, 15) is 13.2 Å². The molecule has 7 heteroatoms. The molecule has 1 unspecified atom stereocenters. The molecule has 2 rings (SSSR count). The maximum atomic E-state index is 12.6. The summed E-state index contributed by atoms with van der Waals surface area (Å²) in [7, 11) is 3.30. The second-order valence-corrected chi connectivity index (χ2v) is 4.50. The van der Waals surface area contributed by atoms with E-state index in [4.69, 9.17) is 4.74 Å². The van der Waals surface area contributed by atoms with Gasteiger partial charge >= 0.3 is 6.18 Å².